The number of halogens is 1. The maximum absolute atomic E-state index is 13.5. The van der Waals surface area contributed by atoms with Gasteiger partial charge in [0.05, 0.1) is 17.0 Å². The van der Waals surface area contributed by atoms with Crippen LogP contribution < -0.4 is 9.62 Å². The molecule has 0 fully saturated rings. The van der Waals surface area contributed by atoms with Crippen LogP contribution >= 0.6 is 0 Å². The number of anilines is 1. The molecule has 0 saturated carbocycles. The fourth-order valence-electron chi connectivity index (χ4n) is 2.39. The van der Waals surface area contributed by atoms with E-state index in [1.165, 1.54) is 25.2 Å². The van der Waals surface area contributed by atoms with Crippen LogP contribution in [0.3, 0.4) is 0 Å². The van der Waals surface area contributed by atoms with Crippen LogP contribution in [-0.4, -0.2) is 39.5 Å². The largest absolute Gasteiger partial charge is 0.355 e. The quantitative estimate of drug-likeness (QED) is 0.664. The molecule has 2 aromatic carbocycles. The molecule has 0 aliphatic carbocycles. The van der Waals surface area contributed by atoms with E-state index in [2.05, 4.69) is 5.32 Å². The van der Waals surface area contributed by atoms with Gasteiger partial charge in [0.15, 0.2) is 5.78 Å². The first-order valence-corrected chi connectivity index (χ1v) is 9.98. The molecule has 0 aliphatic heterocycles. The average molecular weight is 392 g/mol. The molecule has 1 amide bonds. The van der Waals surface area contributed by atoms with Crippen LogP contribution in [0.5, 0.6) is 0 Å². The Hall–Kier alpha value is -2.74. The fourth-order valence-corrected chi connectivity index (χ4v) is 3.47. The third-order valence-corrected chi connectivity index (χ3v) is 5.74. The van der Waals surface area contributed by atoms with E-state index < -0.39 is 27.5 Å². The fraction of sp³-hybridized carbons (Fsp3) is 0.263. The third-order valence-electron chi connectivity index (χ3n) is 3.97. The smallest absolute Gasteiger partial charge is 0.236 e. The number of amides is 1. The Morgan fingerprint density at radius 3 is 2.30 bits per heavy atom. The van der Waals surface area contributed by atoms with Gasteiger partial charge >= 0.3 is 0 Å². The van der Waals surface area contributed by atoms with Crippen LogP contribution in [0.25, 0.3) is 0 Å². The van der Waals surface area contributed by atoms with Gasteiger partial charge in [0.1, 0.15) is 5.82 Å². The summed E-state index contributed by atoms with van der Waals surface area (Å²) >= 11 is 0. The van der Waals surface area contributed by atoms with Crippen molar-refractivity contribution in [1.82, 2.24) is 5.32 Å². The van der Waals surface area contributed by atoms with E-state index in [9.17, 15) is 22.4 Å². The lowest BCUT2D eigenvalue weighted by Gasteiger charge is -2.19. The van der Waals surface area contributed by atoms with Crippen molar-refractivity contribution in [3.63, 3.8) is 0 Å². The second-order valence-electron chi connectivity index (χ2n) is 5.87. The molecule has 0 saturated heterocycles. The van der Waals surface area contributed by atoms with Gasteiger partial charge < -0.3 is 5.32 Å². The van der Waals surface area contributed by atoms with Crippen LogP contribution in [0.1, 0.15) is 23.2 Å². The first-order chi connectivity index (χ1) is 12.8. The average Bonchev–Trinajstić information content (AvgIpc) is 2.66. The summed E-state index contributed by atoms with van der Waals surface area (Å²) in [5, 5.41) is 2.48. The number of hydrogen-bond acceptors (Lipinski definition) is 4. The van der Waals surface area contributed by atoms with E-state index in [1.54, 1.807) is 36.4 Å². The summed E-state index contributed by atoms with van der Waals surface area (Å²) < 4.78 is 39.2. The van der Waals surface area contributed by atoms with Gasteiger partial charge in [0.25, 0.3) is 0 Å². The minimum absolute atomic E-state index is 0.0580. The monoisotopic (exact) mass is 392 g/mol. The molecule has 0 unspecified atom stereocenters. The molecule has 2 aromatic rings. The normalized spacial score (nSPS) is 11.0. The van der Waals surface area contributed by atoms with E-state index >= 15 is 0 Å². The number of carbonyl (C=O) groups excluding carboxylic acids is 2. The summed E-state index contributed by atoms with van der Waals surface area (Å²) in [4.78, 5) is 23.8. The Labute approximate surface area is 158 Å². The molecule has 0 heterocycles. The number of sulfonamides is 1. The maximum Gasteiger partial charge on any atom is 0.236 e. The van der Waals surface area contributed by atoms with Crippen molar-refractivity contribution >= 4 is 27.4 Å². The Balaban J connectivity index is 1.79. The van der Waals surface area contributed by atoms with Crippen molar-refractivity contribution in [2.24, 2.45) is 0 Å². The molecular formula is C19H21FN2O4S. The Morgan fingerprint density at radius 2 is 1.63 bits per heavy atom. The highest BCUT2D eigenvalue weighted by molar-refractivity contribution is 7.92. The van der Waals surface area contributed by atoms with Crippen LogP contribution in [0.4, 0.5) is 10.1 Å². The standard InChI is InChI=1S/C19H21FN2O4S/c1-22(15-7-3-2-4-8-15)27(25,26)14-13-21-19(24)12-11-18(23)16-9-5-6-10-17(16)20/h2-10H,11-14H2,1H3,(H,21,24). The molecule has 6 nitrogen and oxygen atoms in total. The van der Waals surface area contributed by atoms with Gasteiger partial charge in [0.2, 0.25) is 15.9 Å². The summed E-state index contributed by atoms with van der Waals surface area (Å²) in [5.74, 6) is -1.83. The number of ketones is 1. The molecular weight excluding hydrogens is 371 g/mol. The molecule has 27 heavy (non-hydrogen) atoms. The van der Waals surface area contributed by atoms with Gasteiger partial charge in [-0.25, -0.2) is 12.8 Å². The molecule has 0 aliphatic rings. The highest BCUT2D eigenvalue weighted by Gasteiger charge is 2.18. The first kappa shape index (κ1) is 20.6. The number of nitrogens with zero attached hydrogens (tertiary/aromatic N) is 1. The van der Waals surface area contributed by atoms with Crippen molar-refractivity contribution in [1.29, 1.82) is 0 Å². The molecule has 0 atom stereocenters. The Kier molecular flexibility index (Phi) is 7.06. The van der Waals surface area contributed by atoms with E-state index in [1.807, 2.05) is 0 Å². The van der Waals surface area contributed by atoms with Crippen molar-refractivity contribution in [3.05, 3.63) is 66.0 Å². The summed E-state index contributed by atoms with van der Waals surface area (Å²) in [6, 6.07) is 14.2. The third kappa shape index (κ3) is 5.89. The predicted molar refractivity (Wildman–Crippen MR) is 102 cm³/mol. The lowest BCUT2D eigenvalue weighted by molar-refractivity contribution is -0.120. The summed E-state index contributed by atoms with van der Waals surface area (Å²) in [6.45, 7) is -0.0772. The summed E-state index contributed by atoms with van der Waals surface area (Å²) in [5.41, 5.74) is 0.469. The van der Waals surface area contributed by atoms with Gasteiger partial charge in [-0.1, -0.05) is 30.3 Å². The molecule has 0 bridgehead atoms. The first-order valence-electron chi connectivity index (χ1n) is 8.37. The van der Waals surface area contributed by atoms with Crippen molar-refractivity contribution in [2.75, 3.05) is 23.7 Å². The SMILES string of the molecule is CN(c1ccccc1)S(=O)(=O)CCNC(=O)CCC(=O)c1ccccc1F. The number of para-hydroxylation sites is 1. The zero-order valence-electron chi connectivity index (χ0n) is 14.9. The second kappa shape index (κ2) is 9.27. The summed E-state index contributed by atoms with van der Waals surface area (Å²) in [6.07, 6.45) is -0.287. The number of Topliss-reactive ketones (excluding diaryl/α,β-unsaturated/α-hetero) is 1. The van der Waals surface area contributed by atoms with Crippen LogP contribution in [0.15, 0.2) is 54.6 Å². The lowest BCUT2D eigenvalue weighted by Crippen LogP contribution is -2.35. The summed E-state index contributed by atoms with van der Waals surface area (Å²) in [7, 11) is -2.14. The molecule has 1 N–H and O–H groups in total. The van der Waals surface area contributed by atoms with Gasteiger partial charge in [-0.05, 0) is 24.3 Å². The lowest BCUT2D eigenvalue weighted by atomic mass is 10.1. The van der Waals surface area contributed by atoms with Gasteiger partial charge in [0, 0.05) is 26.4 Å². The van der Waals surface area contributed by atoms with E-state index in [-0.39, 0.29) is 30.7 Å². The molecule has 0 radical (unpaired) electrons. The van der Waals surface area contributed by atoms with Crippen molar-refractivity contribution in [3.8, 4) is 0 Å². The van der Waals surface area contributed by atoms with E-state index in [0.29, 0.717) is 5.69 Å². The molecule has 144 valence electrons. The van der Waals surface area contributed by atoms with Gasteiger partial charge in [-0.3, -0.25) is 13.9 Å². The predicted octanol–water partition coefficient (Wildman–Crippen LogP) is 2.37. The number of nitrogens with one attached hydrogen (secondary N) is 1. The zero-order chi connectivity index (χ0) is 19.9. The highest BCUT2D eigenvalue weighted by Crippen LogP contribution is 2.15. The number of rotatable bonds is 9. The highest BCUT2D eigenvalue weighted by atomic mass is 32.2. The Morgan fingerprint density at radius 1 is 1.00 bits per heavy atom. The van der Waals surface area contributed by atoms with Crippen molar-refractivity contribution in [2.45, 2.75) is 12.8 Å². The topological polar surface area (TPSA) is 83.6 Å². The second-order valence-corrected chi connectivity index (χ2v) is 7.99. The molecule has 0 spiro atoms. The maximum atomic E-state index is 13.5. The molecule has 8 heteroatoms. The number of hydrogen-bond donors (Lipinski definition) is 1. The van der Waals surface area contributed by atoms with Crippen LogP contribution in [0.2, 0.25) is 0 Å². The minimum Gasteiger partial charge on any atom is -0.355 e. The molecule has 0 aromatic heterocycles. The number of carbonyl (C=O) groups is 2. The van der Waals surface area contributed by atoms with Gasteiger partial charge in [-0.2, -0.15) is 0 Å². The van der Waals surface area contributed by atoms with E-state index in [0.717, 1.165) is 4.31 Å². The van der Waals surface area contributed by atoms with E-state index in [4.69, 9.17) is 0 Å². The minimum atomic E-state index is -3.59. The van der Waals surface area contributed by atoms with Gasteiger partial charge in [-0.15, -0.1) is 0 Å². The van der Waals surface area contributed by atoms with Crippen LogP contribution in [-0.2, 0) is 14.8 Å². The van der Waals surface area contributed by atoms with Crippen LogP contribution in [0, 0.1) is 5.82 Å². The number of benzene rings is 2. The zero-order valence-corrected chi connectivity index (χ0v) is 15.7. The molecule has 2 rings (SSSR count). The van der Waals surface area contributed by atoms with Crippen molar-refractivity contribution < 1.29 is 22.4 Å². The Bertz CT molecular complexity index is 901.